The molecule has 2 aliphatic rings. The SMILES string of the molecule is CC(C)(C)[Si](C)(C)OCC1Cc2ccc(OCC3(NC(=O)O)CC3)c(C#N)c2C1. The maximum atomic E-state index is 10.9. The maximum absolute atomic E-state index is 10.9. The molecule has 1 aromatic rings. The molecule has 0 heterocycles. The van der Waals surface area contributed by atoms with E-state index in [2.05, 4.69) is 45.3 Å². The Balaban J connectivity index is 1.66. The summed E-state index contributed by atoms with van der Waals surface area (Å²) in [7, 11) is -1.79. The van der Waals surface area contributed by atoms with Gasteiger partial charge in [0.2, 0.25) is 0 Å². The number of hydrogen-bond donors (Lipinski definition) is 2. The van der Waals surface area contributed by atoms with E-state index < -0.39 is 19.9 Å². The lowest BCUT2D eigenvalue weighted by atomic mass is 10.0. The average molecular weight is 417 g/mol. The minimum Gasteiger partial charge on any atom is -0.490 e. The average Bonchev–Trinajstić information content (AvgIpc) is 3.23. The van der Waals surface area contributed by atoms with Gasteiger partial charge in [0.15, 0.2) is 8.32 Å². The van der Waals surface area contributed by atoms with E-state index >= 15 is 0 Å². The molecule has 1 aromatic carbocycles. The van der Waals surface area contributed by atoms with Crippen LogP contribution in [-0.4, -0.2) is 38.3 Å². The number of nitriles is 1. The summed E-state index contributed by atoms with van der Waals surface area (Å²) < 4.78 is 12.3. The zero-order valence-corrected chi connectivity index (χ0v) is 19.1. The molecule has 3 rings (SSSR count). The Morgan fingerprint density at radius 3 is 2.59 bits per heavy atom. The molecule has 0 saturated heterocycles. The van der Waals surface area contributed by atoms with Gasteiger partial charge in [0, 0.05) is 6.61 Å². The zero-order valence-electron chi connectivity index (χ0n) is 18.1. The summed E-state index contributed by atoms with van der Waals surface area (Å²) in [6.45, 7) is 12.2. The molecule has 0 bridgehead atoms. The number of carboxylic acid groups (broad SMARTS) is 1. The lowest BCUT2D eigenvalue weighted by molar-refractivity contribution is 0.177. The van der Waals surface area contributed by atoms with E-state index in [1.54, 1.807) is 0 Å². The molecule has 158 valence electrons. The third-order valence-electron chi connectivity index (χ3n) is 6.70. The van der Waals surface area contributed by atoms with Gasteiger partial charge in [-0.1, -0.05) is 26.8 Å². The highest BCUT2D eigenvalue weighted by molar-refractivity contribution is 6.74. The van der Waals surface area contributed by atoms with Crippen LogP contribution in [0.5, 0.6) is 5.75 Å². The smallest absolute Gasteiger partial charge is 0.405 e. The minimum atomic E-state index is -1.79. The van der Waals surface area contributed by atoms with Crippen LogP contribution in [0.4, 0.5) is 4.79 Å². The van der Waals surface area contributed by atoms with Crippen LogP contribution in [-0.2, 0) is 17.3 Å². The third-order valence-corrected chi connectivity index (χ3v) is 11.2. The predicted molar refractivity (Wildman–Crippen MR) is 114 cm³/mol. The summed E-state index contributed by atoms with van der Waals surface area (Å²) in [5, 5.41) is 21.5. The van der Waals surface area contributed by atoms with Gasteiger partial charge in [-0.2, -0.15) is 5.26 Å². The molecule has 1 atom stereocenters. The number of fused-ring (bicyclic) bond motifs is 1. The molecule has 0 aliphatic heterocycles. The molecular formula is C22H32N2O4Si. The monoisotopic (exact) mass is 416 g/mol. The number of amides is 1. The largest absolute Gasteiger partial charge is 0.490 e. The van der Waals surface area contributed by atoms with Gasteiger partial charge in [-0.3, -0.25) is 0 Å². The first-order valence-corrected chi connectivity index (χ1v) is 13.2. The summed E-state index contributed by atoms with van der Waals surface area (Å²) in [6, 6.07) is 6.21. The first-order valence-electron chi connectivity index (χ1n) is 10.3. The van der Waals surface area contributed by atoms with E-state index in [1.165, 1.54) is 5.56 Å². The summed E-state index contributed by atoms with van der Waals surface area (Å²) in [5.74, 6) is 0.931. The second-order valence-electron chi connectivity index (χ2n) is 10.0. The van der Waals surface area contributed by atoms with E-state index in [4.69, 9.17) is 14.3 Å². The maximum Gasteiger partial charge on any atom is 0.405 e. The lowest BCUT2D eigenvalue weighted by Crippen LogP contribution is -2.42. The van der Waals surface area contributed by atoms with Crippen LogP contribution in [0.3, 0.4) is 0 Å². The van der Waals surface area contributed by atoms with Crippen molar-refractivity contribution in [2.75, 3.05) is 13.2 Å². The zero-order chi connectivity index (χ0) is 21.4. The molecular weight excluding hydrogens is 384 g/mol. The van der Waals surface area contributed by atoms with Crippen molar-refractivity contribution in [3.05, 3.63) is 28.8 Å². The van der Waals surface area contributed by atoms with Gasteiger partial charge in [0.05, 0.1) is 11.1 Å². The van der Waals surface area contributed by atoms with Crippen LogP contribution in [0, 0.1) is 17.2 Å². The molecule has 2 aliphatic carbocycles. The molecule has 0 radical (unpaired) electrons. The highest BCUT2D eigenvalue weighted by Crippen LogP contribution is 2.40. The van der Waals surface area contributed by atoms with Crippen LogP contribution in [0.1, 0.15) is 50.3 Å². The summed E-state index contributed by atoms with van der Waals surface area (Å²) in [5.41, 5.74) is 2.34. The quantitative estimate of drug-likeness (QED) is 0.640. The number of nitrogens with one attached hydrogen (secondary N) is 1. The molecule has 0 aromatic heterocycles. The van der Waals surface area contributed by atoms with Crippen LogP contribution < -0.4 is 10.1 Å². The van der Waals surface area contributed by atoms with E-state index in [9.17, 15) is 10.1 Å². The standard InChI is InChI=1S/C22H32N2O4Si/c1-21(2,3)29(4,5)28-13-15-10-16-6-7-19(18(12-23)17(16)11-15)27-14-22(8-9-22)24-20(25)26/h6-7,15,24H,8-11,13-14H2,1-5H3,(H,25,26). The molecule has 2 N–H and O–H groups in total. The van der Waals surface area contributed by atoms with E-state index in [-0.39, 0.29) is 11.6 Å². The molecule has 6 nitrogen and oxygen atoms in total. The number of benzene rings is 1. The van der Waals surface area contributed by atoms with Crippen molar-refractivity contribution in [2.45, 2.75) is 70.1 Å². The molecule has 29 heavy (non-hydrogen) atoms. The van der Waals surface area contributed by atoms with Gasteiger partial charge in [0.1, 0.15) is 18.4 Å². The minimum absolute atomic E-state index is 0.181. The van der Waals surface area contributed by atoms with Crippen molar-refractivity contribution in [1.82, 2.24) is 5.32 Å². The Morgan fingerprint density at radius 2 is 2.03 bits per heavy atom. The van der Waals surface area contributed by atoms with E-state index in [0.29, 0.717) is 17.2 Å². The van der Waals surface area contributed by atoms with Gasteiger partial charge >= 0.3 is 6.09 Å². The van der Waals surface area contributed by atoms with Crippen LogP contribution in [0.25, 0.3) is 0 Å². The summed E-state index contributed by atoms with van der Waals surface area (Å²) >= 11 is 0. The molecule has 1 unspecified atom stereocenters. The number of ether oxygens (including phenoxy) is 1. The second kappa shape index (κ2) is 7.65. The molecule has 1 saturated carbocycles. The van der Waals surface area contributed by atoms with Crippen molar-refractivity contribution in [1.29, 1.82) is 5.26 Å². The second-order valence-corrected chi connectivity index (χ2v) is 14.8. The normalized spacial score (nSPS) is 19.9. The summed E-state index contributed by atoms with van der Waals surface area (Å²) in [4.78, 5) is 10.9. The van der Waals surface area contributed by atoms with Crippen LogP contribution in [0.2, 0.25) is 18.1 Å². The Kier molecular flexibility index (Phi) is 5.72. The van der Waals surface area contributed by atoms with Gasteiger partial charge in [-0.05, 0) is 66.9 Å². The summed E-state index contributed by atoms with van der Waals surface area (Å²) in [6.07, 6.45) is 2.23. The van der Waals surface area contributed by atoms with Crippen LogP contribution >= 0.6 is 0 Å². The van der Waals surface area contributed by atoms with E-state index in [0.717, 1.165) is 37.9 Å². The fraction of sp³-hybridized carbons (Fsp3) is 0.636. The number of hydrogen-bond acceptors (Lipinski definition) is 4. The number of carbonyl (C=O) groups is 1. The van der Waals surface area contributed by atoms with Crippen molar-refractivity contribution in [3.63, 3.8) is 0 Å². The molecule has 1 fully saturated rings. The van der Waals surface area contributed by atoms with Gasteiger partial charge in [-0.15, -0.1) is 0 Å². The van der Waals surface area contributed by atoms with Crippen molar-refractivity contribution < 1.29 is 19.1 Å². The molecule has 7 heteroatoms. The van der Waals surface area contributed by atoms with Crippen molar-refractivity contribution >= 4 is 14.4 Å². The Morgan fingerprint density at radius 1 is 1.34 bits per heavy atom. The van der Waals surface area contributed by atoms with Crippen LogP contribution in [0.15, 0.2) is 12.1 Å². The Bertz CT molecular complexity index is 834. The van der Waals surface area contributed by atoms with E-state index in [1.807, 2.05) is 12.1 Å². The van der Waals surface area contributed by atoms with Crippen molar-refractivity contribution in [2.24, 2.45) is 5.92 Å². The topological polar surface area (TPSA) is 91.6 Å². The number of nitrogens with zero attached hydrogens (tertiary/aromatic N) is 1. The lowest BCUT2D eigenvalue weighted by Gasteiger charge is -2.37. The first-order chi connectivity index (χ1) is 13.5. The van der Waals surface area contributed by atoms with Gasteiger partial charge in [0.25, 0.3) is 0 Å². The van der Waals surface area contributed by atoms with Crippen molar-refractivity contribution in [3.8, 4) is 11.8 Å². The van der Waals surface area contributed by atoms with Gasteiger partial charge in [-0.25, -0.2) is 4.79 Å². The number of rotatable bonds is 7. The van der Waals surface area contributed by atoms with Gasteiger partial charge < -0.3 is 19.6 Å². The first kappa shape index (κ1) is 21.7. The predicted octanol–water partition coefficient (Wildman–Crippen LogP) is 4.47. The molecule has 0 spiro atoms. The highest BCUT2D eigenvalue weighted by atomic mass is 28.4. The fourth-order valence-corrected chi connectivity index (χ4v) is 4.65. The Labute approximate surface area is 174 Å². The fourth-order valence-electron chi connectivity index (χ4n) is 3.57. The molecule has 1 amide bonds. The highest BCUT2D eigenvalue weighted by Gasteiger charge is 2.45. The Hall–Kier alpha value is -2.04. The third kappa shape index (κ3) is 4.76.